The van der Waals surface area contributed by atoms with Gasteiger partial charge in [0.05, 0.1) is 23.8 Å². The SMILES string of the molecule is O=c1cnc2ccccc2n1Cc1cccc(-c2cnc3[nH]ccc3c2)c1. The van der Waals surface area contributed by atoms with Gasteiger partial charge in [-0.2, -0.15) is 0 Å². The molecule has 0 spiro atoms. The summed E-state index contributed by atoms with van der Waals surface area (Å²) in [6, 6.07) is 20.0. The predicted octanol–water partition coefficient (Wildman–Crippen LogP) is 3.99. The number of nitrogens with one attached hydrogen (secondary N) is 1. The highest BCUT2D eigenvalue weighted by atomic mass is 16.1. The Kier molecular flexibility index (Phi) is 3.57. The summed E-state index contributed by atoms with van der Waals surface area (Å²) in [6.07, 6.45) is 5.14. The summed E-state index contributed by atoms with van der Waals surface area (Å²) >= 11 is 0. The van der Waals surface area contributed by atoms with Crippen molar-refractivity contribution in [2.45, 2.75) is 6.54 Å². The minimum absolute atomic E-state index is 0.102. The zero-order valence-electron chi connectivity index (χ0n) is 14.5. The third-order valence-electron chi connectivity index (χ3n) is 4.75. The Bertz CT molecular complexity index is 1330. The molecule has 3 aromatic heterocycles. The molecule has 0 saturated carbocycles. The Labute approximate surface area is 155 Å². The lowest BCUT2D eigenvalue weighted by molar-refractivity contribution is 0.787. The Hall–Kier alpha value is -3.73. The molecule has 1 N–H and O–H groups in total. The van der Waals surface area contributed by atoms with Gasteiger partial charge in [-0.25, -0.2) is 9.97 Å². The van der Waals surface area contributed by atoms with Crippen LogP contribution in [0.4, 0.5) is 0 Å². The summed E-state index contributed by atoms with van der Waals surface area (Å²) in [5.41, 5.74) is 5.62. The first-order valence-electron chi connectivity index (χ1n) is 8.75. The van der Waals surface area contributed by atoms with Gasteiger partial charge in [0, 0.05) is 23.3 Å². The van der Waals surface area contributed by atoms with E-state index >= 15 is 0 Å². The van der Waals surface area contributed by atoms with Crippen LogP contribution >= 0.6 is 0 Å². The second kappa shape index (κ2) is 6.21. The first kappa shape index (κ1) is 15.5. The average Bonchev–Trinajstić information content (AvgIpc) is 3.18. The molecule has 3 heterocycles. The fraction of sp³-hybridized carbons (Fsp3) is 0.0455. The summed E-state index contributed by atoms with van der Waals surface area (Å²) in [4.78, 5) is 24.2. The molecule has 0 amide bonds. The molecule has 5 heteroatoms. The van der Waals surface area contributed by atoms with Gasteiger partial charge < -0.3 is 9.55 Å². The molecule has 0 atom stereocenters. The Morgan fingerprint density at radius 2 is 1.81 bits per heavy atom. The highest BCUT2D eigenvalue weighted by molar-refractivity contribution is 5.81. The lowest BCUT2D eigenvalue weighted by atomic mass is 10.0. The van der Waals surface area contributed by atoms with Crippen LogP contribution in [0.2, 0.25) is 0 Å². The number of H-pyrrole nitrogens is 1. The van der Waals surface area contributed by atoms with Crippen molar-refractivity contribution in [2.24, 2.45) is 0 Å². The zero-order valence-corrected chi connectivity index (χ0v) is 14.5. The molecule has 0 bridgehead atoms. The van der Waals surface area contributed by atoms with E-state index in [1.54, 1.807) is 4.57 Å². The van der Waals surface area contributed by atoms with E-state index in [0.717, 1.165) is 38.8 Å². The van der Waals surface area contributed by atoms with Crippen LogP contribution in [-0.4, -0.2) is 19.5 Å². The molecule has 5 aromatic rings. The summed E-state index contributed by atoms with van der Waals surface area (Å²) in [5.74, 6) is 0. The van der Waals surface area contributed by atoms with Gasteiger partial charge in [-0.15, -0.1) is 0 Å². The molecule has 0 unspecified atom stereocenters. The minimum Gasteiger partial charge on any atom is -0.346 e. The highest BCUT2D eigenvalue weighted by Crippen LogP contribution is 2.23. The molecule has 0 fully saturated rings. The number of pyridine rings is 1. The molecule has 27 heavy (non-hydrogen) atoms. The molecule has 0 aliphatic heterocycles. The topological polar surface area (TPSA) is 63.6 Å². The van der Waals surface area contributed by atoms with E-state index in [1.165, 1.54) is 6.20 Å². The van der Waals surface area contributed by atoms with Crippen molar-refractivity contribution in [3.63, 3.8) is 0 Å². The predicted molar refractivity (Wildman–Crippen MR) is 107 cm³/mol. The summed E-state index contributed by atoms with van der Waals surface area (Å²) < 4.78 is 1.76. The Morgan fingerprint density at radius 3 is 2.78 bits per heavy atom. The van der Waals surface area contributed by atoms with Crippen LogP contribution in [0.1, 0.15) is 5.56 Å². The van der Waals surface area contributed by atoms with Crippen molar-refractivity contribution in [3.05, 3.63) is 95.2 Å². The highest BCUT2D eigenvalue weighted by Gasteiger charge is 2.07. The van der Waals surface area contributed by atoms with Crippen LogP contribution < -0.4 is 5.56 Å². The quantitative estimate of drug-likeness (QED) is 0.534. The van der Waals surface area contributed by atoms with Crippen molar-refractivity contribution in [3.8, 4) is 11.1 Å². The monoisotopic (exact) mass is 352 g/mol. The number of aromatic amines is 1. The van der Waals surface area contributed by atoms with Gasteiger partial charge in [0.1, 0.15) is 5.65 Å². The molecular formula is C22H16N4O. The number of aromatic nitrogens is 4. The maximum absolute atomic E-state index is 12.4. The molecule has 5 nitrogen and oxygen atoms in total. The average molecular weight is 352 g/mol. The lowest BCUT2D eigenvalue weighted by Crippen LogP contribution is -2.21. The molecule has 5 rings (SSSR count). The van der Waals surface area contributed by atoms with E-state index in [-0.39, 0.29) is 5.56 Å². The maximum Gasteiger partial charge on any atom is 0.269 e. The molecule has 0 aliphatic rings. The van der Waals surface area contributed by atoms with Crippen molar-refractivity contribution >= 4 is 22.1 Å². The van der Waals surface area contributed by atoms with Crippen LogP contribution in [-0.2, 0) is 6.54 Å². The van der Waals surface area contributed by atoms with Gasteiger partial charge in [-0.05, 0) is 41.5 Å². The number of nitrogens with zero attached hydrogens (tertiary/aromatic N) is 3. The number of hydrogen-bond acceptors (Lipinski definition) is 3. The van der Waals surface area contributed by atoms with Gasteiger partial charge >= 0.3 is 0 Å². The number of hydrogen-bond donors (Lipinski definition) is 1. The van der Waals surface area contributed by atoms with E-state index < -0.39 is 0 Å². The summed E-state index contributed by atoms with van der Waals surface area (Å²) in [6.45, 7) is 0.496. The van der Waals surface area contributed by atoms with Crippen LogP contribution in [0.15, 0.2) is 84.0 Å². The van der Waals surface area contributed by atoms with Crippen LogP contribution in [0, 0.1) is 0 Å². The maximum atomic E-state index is 12.4. The number of para-hydroxylation sites is 2. The molecule has 2 aromatic carbocycles. The Morgan fingerprint density at radius 1 is 0.889 bits per heavy atom. The normalized spacial score (nSPS) is 11.3. The van der Waals surface area contributed by atoms with Gasteiger partial charge in [-0.3, -0.25) is 4.79 Å². The fourth-order valence-electron chi connectivity index (χ4n) is 3.41. The van der Waals surface area contributed by atoms with Gasteiger partial charge in [-0.1, -0.05) is 30.3 Å². The standard InChI is InChI=1S/C22H16N4O/c27-21-13-24-19-6-1-2-7-20(19)26(21)14-15-4-3-5-16(10-15)18-11-17-8-9-23-22(17)25-12-18/h1-13H,14H2,(H,23,25). The van der Waals surface area contributed by atoms with E-state index in [4.69, 9.17) is 0 Å². The summed E-state index contributed by atoms with van der Waals surface area (Å²) in [7, 11) is 0. The Balaban J connectivity index is 1.57. The van der Waals surface area contributed by atoms with E-state index in [2.05, 4.69) is 33.2 Å². The van der Waals surface area contributed by atoms with Crippen molar-refractivity contribution in [1.29, 1.82) is 0 Å². The van der Waals surface area contributed by atoms with Crippen LogP contribution in [0.3, 0.4) is 0 Å². The van der Waals surface area contributed by atoms with Crippen molar-refractivity contribution in [1.82, 2.24) is 19.5 Å². The molecule has 0 aliphatic carbocycles. The zero-order chi connectivity index (χ0) is 18.2. The first-order valence-corrected chi connectivity index (χ1v) is 8.75. The number of rotatable bonds is 3. The number of fused-ring (bicyclic) bond motifs is 2. The molecular weight excluding hydrogens is 336 g/mol. The van der Waals surface area contributed by atoms with E-state index in [0.29, 0.717) is 6.54 Å². The summed E-state index contributed by atoms with van der Waals surface area (Å²) in [5, 5.41) is 1.08. The second-order valence-corrected chi connectivity index (χ2v) is 6.51. The number of benzene rings is 2. The van der Waals surface area contributed by atoms with Gasteiger partial charge in [0.15, 0.2) is 0 Å². The van der Waals surface area contributed by atoms with Gasteiger partial charge in [0.25, 0.3) is 5.56 Å². The van der Waals surface area contributed by atoms with E-state index in [1.807, 2.05) is 54.9 Å². The fourth-order valence-corrected chi connectivity index (χ4v) is 3.41. The molecule has 0 saturated heterocycles. The van der Waals surface area contributed by atoms with Gasteiger partial charge in [0.2, 0.25) is 0 Å². The smallest absolute Gasteiger partial charge is 0.269 e. The molecule has 0 radical (unpaired) electrons. The lowest BCUT2D eigenvalue weighted by Gasteiger charge is -2.11. The molecule has 130 valence electrons. The van der Waals surface area contributed by atoms with Crippen molar-refractivity contribution < 1.29 is 0 Å². The third-order valence-corrected chi connectivity index (χ3v) is 4.75. The van der Waals surface area contributed by atoms with Crippen LogP contribution in [0.25, 0.3) is 33.2 Å². The first-order chi connectivity index (χ1) is 13.3. The third kappa shape index (κ3) is 2.79. The minimum atomic E-state index is -0.102. The van der Waals surface area contributed by atoms with Crippen LogP contribution in [0.5, 0.6) is 0 Å². The largest absolute Gasteiger partial charge is 0.346 e. The van der Waals surface area contributed by atoms with E-state index in [9.17, 15) is 4.79 Å². The van der Waals surface area contributed by atoms with Crippen molar-refractivity contribution in [2.75, 3.05) is 0 Å². The second-order valence-electron chi connectivity index (χ2n) is 6.51.